The maximum Gasteiger partial charge on any atom is 0.409 e. The highest BCUT2D eigenvalue weighted by Crippen LogP contribution is 2.24. The van der Waals surface area contributed by atoms with E-state index in [1.54, 1.807) is 25.2 Å². The van der Waals surface area contributed by atoms with Crippen LogP contribution in [0.3, 0.4) is 0 Å². The first-order chi connectivity index (χ1) is 10.3. The van der Waals surface area contributed by atoms with Crippen LogP contribution in [0.25, 0.3) is 0 Å². The molecule has 0 aromatic heterocycles. The van der Waals surface area contributed by atoms with Crippen LogP contribution in [0.5, 0.6) is 5.75 Å². The number of benzene rings is 1. The minimum absolute atomic E-state index is 0.107. The number of ether oxygens (including phenoxy) is 2. The van der Waals surface area contributed by atoms with Crippen LogP contribution >= 0.6 is 0 Å². The summed E-state index contributed by atoms with van der Waals surface area (Å²) < 4.78 is 37.4. The first-order valence-corrected chi connectivity index (χ1v) is 8.38. The molecular formula is C14H20N2O5S. The Morgan fingerprint density at radius 2 is 2.18 bits per heavy atom. The van der Waals surface area contributed by atoms with Crippen LogP contribution in [-0.2, 0) is 14.8 Å². The highest BCUT2D eigenvalue weighted by Gasteiger charge is 2.28. The number of hydrogen-bond acceptors (Lipinski definition) is 5. The average molecular weight is 328 g/mol. The van der Waals surface area contributed by atoms with Gasteiger partial charge in [-0.25, -0.2) is 17.9 Å². The molecule has 1 atom stereocenters. The summed E-state index contributed by atoms with van der Waals surface area (Å²) in [5, 5.41) is 0. The molecule has 0 aliphatic carbocycles. The zero-order valence-corrected chi connectivity index (χ0v) is 13.6. The quantitative estimate of drug-likeness (QED) is 0.846. The Hall–Kier alpha value is -1.80. The van der Waals surface area contributed by atoms with Gasteiger partial charge < -0.3 is 14.4 Å². The second-order valence-corrected chi connectivity index (χ2v) is 6.96. The van der Waals surface area contributed by atoms with Crippen LogP contribution in [0.2, 0.25) is 0 Å². The number of amides is 1. The van der Waals surface area contributed by atoms with Crippen LogP contribution in [0.15, 0.2) is 23.1 Å². The van der Waals surface area contributed by atoms with E-state index in [0.717, 1.165) is 5.56 Å². The number of rotatable bonds is 6. The fourth-order valence-corrected chi connectivity index (χ4v) is 3.53. The maximum atomic E-state index is 12.4. The first-order valence-electron chi connectivity index (χ1n) is 6.89. The van der Waals surface area contributed by atoms with Crippen molar-refractivity contribution in [1.29, 1.82) is 0 Å². The molecule has 122 valence electrons. The lowest BCUT2D eigenvalue weighted by molar-refractivity contribution is 0.131. The smallest absolute Gasteiger partial charge is 0.409 e. The molecule has 7 nitrogen and oxygen atoms in total. The second kappa shape index (κ2) is 6.53. The van der Waals surface area contributed by atoms with Crippen LogP contribution in [0, 0.1) is 6.92 Å². The highest BCUT2D eigenvalue weighted by atomic mass is 32.2. The number of likely N-dealkylation sites (N-methyl/N-ethyl adjacent to an activating group) is 1. The van der Waals surface area contributed by atoms with Gasteiger partial charge in [-0.15, -0.1) is 0 Å². The SMILES string of the molecule is COc1ccc(C)cc1S(=O)(=O)NCCC1CN(C)C(=O)O1. The summed E-state index contributed by atoms with van der Waals surface area (Å²) in [7, 11) is -0.602. The van der Waals surface area contributed by atoms with Gasteiger partial charge in [0.1, 0.15) is 16.7 Å². The van der Waals surface area contributed by atoms with Crippen LogP contribution in [0.1, 0.15) is 12.0 Å². The molecule has 1 unspecified atom stereocenters. The Bertz CT molecular complexity index is 659. The lowest BCUT2D eigenvalue weighted by atomic mass is 10.2. The van der Waals surface area contributed by atoms with Gasteiger partial charge in [-0.1, -0.05) is 6.07 Å². The fraction of sp³-hybridized carbons (Fsp3) is 0.500. The lowest BCUT2D eigenvalue weighted by Gasteiger charge is -2.12. The van der Waals surface area contributed by atoms with Gasteiger partial charge >= 0.3 is 6.09 Å². The third-order valence-electron chi connectivity index (χ3n) is 3.42. The summed E-state index contributed by atoms with van der Waals surface area (Å²) in [6.45, 7) is 2.46. The largest absolute Gasteiger partial charge is 0.495 e. The standard InChI is InChI=1S/C14H20N2O5S/c1-10-4-5-12(20-3)13(8-10)22(18,19)15-7-6-11-9-16(2)14(17)21-11/h4-5,8,11,15H,6-7,9H2,1-3H3. The number of hydrogen-bond donors (Lipinski definition) is 1. The number of nitrogens with zero attached hydrogens (tertiary/aromatic N) is 1. The molecule has 0 saturated carbocycles. The van der Waals surface area contributed by atoms with Crippen molar-refractivity contribution in [2.45, 2.75) is 24.3 Å². The minimum Gasteiger partial charge on any atom is -0.495 e. The van der Waals surface area contributed by atoms with Gasteiger partial charge in [-0.05, 0) is 31.0 Å². The van der Waals surface area contributed by atoms with Crippen LogP contribution in [0.4, 0.5) is 4.79 Å². The Labute approximate surface area is 130 Å². The molecule has 0 spiro atoms. The normalized spacial score (nSPS) is 18.4. The van der Waals surface area contributed by atoms with E-state index in [-0.39, 0.29) is 23.6 Å². The zero-order chi connectivity index (χ0) is 16.3. The molecule has 1 aromatic carbocycles. The Morgan fingerprint density at radius 3 is 2.77 bits per heavy atom. The molecule has 2 rings (SSSR count). The van der Waals surface area contributed by atoms with E-state index in [0.29, 0.717) is 18.7 Å². The molecule has 1 fully saturated rings. The summed E-state index contributed by atoms with van der Waals surface area (Å²) in [5.41, 5.74) is 0.826. The molecule has 1 N–H and O–H groups in total. The number of aryl methyl sites for hydroxylation is 1. The van der Waals surface area contributed by atoms with E-state index in [1.165, 1.54) is 12.0 Å². The molecule has 22 heavy (non-hydrogen) atoms. The Morgan fingerprint density at radius 1 is 1.45 bits per heavy atom. The average Bonchev–Trinajstić information content (AvgIpc) is 2.77. The van der Waals surface area contributed by atoms with Gasteiger partial charge in [0.25, 0.3) is 0 Å². The Balaban J connectivity index is 2.00. The molecule has 1 aliphatic heterocycles. The molecule has 1 aromatic rings. The van der Waals surface area contributed by atoms with Gasteiger partial charge in [0.05, 0.1) is 13.7 Å². The van der Waals surface area contributed by atoms with Gasteiger partial charge in [0.15, 0.2) is 0 Å². The topological polar surface area (TPSA) is 84.9 Å². The van der Waals surface area contributed by atoms with E-state index < -0.39 is 10.0 Å². The predicted molar refractivity (Wildman–Crippen MR) is 80.4 cm³/mol. The molecule has 0 bridgehead atoms. The van der Waals surface area contributed by atoms with Gasteiger partial charge in [-0.2, -0.15) is 0 Å². The number of sulfonamides is 1. The molecule has 1 heterocycles. The third-order valence-corrected chi connectivity index (χ3v) is 4.91. The molecule has 1 amide bonds. The van der Waals surface area contributed by atoms with Crippen molar-refractivity contribution >= 4 is 16.1 Å². The summed E-state index contributed by atoms with van der Waals surface area (Å²) in [6, 6.07) is 4.97. The van der Waals surface area contributed by atoms with E-state index in [2.05, 4.69) is 4.72 Å². The lowest BCUT2D eigenvalue weighted by Crippen LogP contribution is -2.29. The van der Waals surface area contributed by atoms with E-state index in [9.17, 15) is 13.2 Å². The van der Waals surface area contributed by atoms with E-state index in [4.69, 9.17) is 9.47 Å². The van der Waals surface area contributed by atoms with Crippen molar-refractivity contribution in [3.8, 4) is 5.75 Å². The summed E-state index contributed by atoms with van der Waals surface area (Å²) >= 11 is 0. The Kier molecular flexibility index (Phi) is 4.92. The summed E-state index contributed by atoms with van der Waals surface area (Å²) in [4.78, 5) is 12.8. The third kappa shape index (κ3) is 3.69. The first kappa shape index (κ1) is 16.6. The number of carbonyl (C=O) groups excluding carboxylic acids is 1. The van der Waals surface area contributed by atoms with Crippen molar-refractivity contribution in [3.63, 3.8) is 0 Å². The maximum absolute atomic E-state index is 12.4. The minimum atomic E-state index is -3.67. The molecule has 1 saturated heterocycles. The van der Waals surface area contributed by atoms with Crippen molar-refractivity contribution in [2.24, 2.45) is 0 Å². The fourth-order valence-electron chi connectivity index (χ4n) is 2.23. The van der Waals surface area contributed by atoms with E-state index >= 15 is 0 Å². The highest BCUT2D eigenvalue weighted by molar-refractivity contribution is 7.89. The van der Waals surface area contributed by atoms with Crippen molar-refractivity contribution in [1.82, 2.24) is 9.62 Å². The molecule has 1 aliphatic rings. The summed E-state index contributed by atoms with van der Waals surface area (Å²) in [6.07, 6.45) is -0.253. The van der Waals surface area contributed by atoms with Crippen molar-refractivity contribution in [3.05, 3.63) is 23.8 Å². The van der Waals surface area contributed by atoms with Crippen LogP contribution in [-0.4, -0.2) is 52.8 Å². The molecular weight excluding hydrogens is 308 g/mol. The number of methoxy groups -OCH3 is 1. The number of nitrogens with one attached hydrogen (secondary N) is 1. The zero-order valence-electron chi connectivity index (χ0n) is 12.8. The van der Waals surface area contributed by atoms with Crippen LogP contribution < -0.4 is 9.46 Å². The summed E-state index contributed by atoms with van der Waals surface area (Å²) in [5.74, 6) is 0.296. The van der Waals surface area contributed by atoms with Gasteiger partial charge in [-0.3, -0.25) is 0 Å². The van der Waals surface area contributed by atoms with Crippen molar-refractivity contribution in [2.75, 3.05) is 27.2 Å². The van der Waals surface area contributed by atoms with Crippen molar-refractivity contribution < 1.29 is 22.7 Å². The van der Waals surface area contributed by atoms with Gasteiger partial charge in [0, 0.05) is 13.6 Å². The second-order valence-electron chi connectivity index (χ2n) is 5.23. The monoisotopic (exact) mass is 328 g/mol. The number of carbonyl (C=O) groups is 1. The number of cyclic esters (lactones) is 1. The predicted octanol–water partition coefficient (Wildman–Crippen LogP) is 1.12. The van der Waals surface area contributed by atoms with E-state index in [1.807, 2.05) is 6.92 Å². The molecule has 8 heteroatoms. The van der Waals surface area contributed by atoms with Gasteiger partial charge in [0.2, 0.25) is 10.0 Å². The molecule has 0 radical (unpaired) electrons.